The van der Waals surface area contributed by atoms with Gasteiger partial charge < -0.3 is 29.6 Å². The smallest absolute Gasteiger partial charge is 0.319 e. The van der Waals surface area contributed by atoms with Crippen molar-refractivity contribution in [3.8, 4) is 23.0 Å². The molecule has 0 bridgehead atoms. The van der Waals surface area contributed by atoms with Crippen LogP contribution in [0, 0.1) is 13.8 Å². The lowest BCUT2D eigenvalue weighted by atomic mass is 10.1. The third kappa shape index (κ3) is 5.44. The van der Waals surface area contributed by atoms with Gasteiger partial charge in [-0.15, -0.1) is 0 Å². The maximum atomic E-state index is 12.1. The molecule has 7 nitrogen and oxygen atoms in total. The summed E-state index contributed by atoms with van der Waals surface area (Å²) in [5.74, 6) is 2.20. The van der Waals surface area contributed by atoms with E-state index in [0.717, 1.165) is 11.3 Å². The molecule has 2 rings (SSSR count). The Morgan fingerprint density at radius 3 is 2.15 bits per heavy atom. The fraction of sp³-hybridized carbons (Fsp3) is 0.350. The van der Waals surface area contributed by atoms with Gasteiger partial charge in [-0.2, -0.15) is 0 Å². The van der Waals surface area contributed by atoms with Crippen LogP contribution in [0.15, 0.2) is 30.3 Å². The largest absolute Gasteiger partial charge is 0.493 e. The van der Waals surface area contributed by atoms with Crippen molar-refractivity contribution in [1.82, 2.24) is 5.32 Å². The van der Waals surface area contributed by atoms with E-state index in [1.165, 1.54) is 26.9 Å². The molecule has 0 saturated carbocycles. The number of carbonyl (C=O) groups is 1. The van der Waals surface area contributed by atoms with Gasteiger partial charge in [-0.3, -0.25) is 0 Å². The van der Waals surface area contributed by atoms with E-state index in [-0.39, 0.29) is 6.03 Å². The normalized spacial score (nSPS) is 10.1. The average molecular weight is 374 g/mol. The quantitative estimate of drug-likeness (QED) is 0.691. The molecule has 0 radical (unpaired) electrons. The van der Waals surface area contributed by atoms with E-state index in [4.69, 9.17) is 18.9 Å². The van der Waals surface area contributed by atoms with Crippen LogP contribution in [0.4, 0.5) is 10.5 Å². The number of anilines is 1. The maximum absolute atomic E-state index is 12.1. The van der Waals surface area contributed by atoms with Gasteiger partial charge in [-0.25, -0.2) is 4.79 Å². The van der Waals surface area contributed by atoms with Gasteiger partial charge >= 0.3 is 6.03 Å². The van der Waals surface area contributed by atoms with Crippen LogP contribution in [-0.4, -0.2) is 40.5 Å². The summed E-state index contributed by atoms with van der Waals surface area (Å²) >= 11 is 0. The topological polar surface area (TPSA) is 78.1 Å². The molecule has 0 unspecified atom stereocenters. The molecule has 27 heavy (non-hydrogen) atoms. The van der Waals surface area contributed by atoms with Crippen LogP contribution in [0.3, 0.4) is 0 Å². The summed E-state index contributed by atoms with van der Waals surface area (Å²) in [7, 11) is 4.56. The number of hydrogen-bond donors (Lipinski definition) is 2. The number of rotatable bonds is 8. The van der Waals surface area contributed by atoms with Crippen LogP contribution in [-0.2, 0) is 0 Å². The van der Waals surface area contributed by atoms with E-state index >= 15 is 0 Å². The minimum Gasteiger partial charge on any atom is -0.493 e. The Labute approximate surface area is 159 Å². The molecule has 146 valence electrons. The second kappa shape index (κ2) is 9.56. The molecule has 0 spiro atoms. The van der Waals surface area contributed by atoms with E-state index in [1.54, 1.807) is 12.1 Å². The molecule has 0 atom stereocenters. The summed E-state index contributed by atoms with van der Waals surface area (Å²) in [5, 5.41) is 5.49. The summed E-state index contributed by atoms with van der Waals surface area (Å²) in [6.07, 6.45) is 0. The summed E-state index contributed by atoms with van der Waals surface area (Å²) in [6, 6.07) is 8.95. The van der Waals surface area contributed by atoms with Gasteiger partial charge in [0.2, 0.25) is 5.75 Å². The lowest BCUT2D eigenvalue weighted by molar-refractivity contribution is 0.247. The van der Waals surface area contributed by atoms with Crippen molar-refractivity contribution >= 4 is 11.7 Å². The van der Waals surface area contributed by atoms with E-state index in [9.17, 15) is 4.79 Å². The first-order valence-corrected chi connectivity index (χ1v) is 8.53. The van der Waals surface area contributed by atoms with Crippen molar-refractivity contribution in [1.29, 1.82) is 0 Å². The SMILES string of the molecule is COc1cc(NC(=O)NCCOc2ccc(C)cc2C)cc(OC)c1OC. The monoisotopic (exact) mass is 374 g/mol. The zero-order valence-electron chi connectivity index (χ0n) is 16.3. The highest BCUT2D eigenvalue weighted by molar-refractivity contribution is 5.90. The van der Waals surface area contributed by atoms with E-state index in [2.05, 4.69) is 16.7 Å². The molecule has 0 fully saturated rings. The summed E-state index contributed by atoms with van der Waals surface area (Å²) < 4.78 is 21.5. The second-order valence-electron chi connectivity index (χ2n) is 5.91. The Balaban J connectivity index is 1.88. The lowest BCUT2D eigenvalue weighted by Crippen LogP contribution is -2.32. The van der Waals surface area contributed by atoms with Crippen LogP contribution in [0.2, 0.25) is 0 Å². The number of benzene rings is 2. The van der Waals surface area contributed by atoms with Gasteiger partial charge in [-0.1, -0.05) is 17.7 Å². The first-order chi connectivity index (χ1) is 13.0. The van der Waals surface area contributed by atoms with Gasteiger partial charge in [0, 0.05) is 12.1 Å². The fourth-order valence-corrected chi connectivity index (χ4v) is 2.62. The van der Waals surface area contributed by atoms with Crippen LogP contribution < -0.4 is 29.6 Å². The minimum absolute atomic E-state index is 0.353. The van der Waals surface area contributed by atoms with Gasteiger partial charge in [0.15, 0.2) is 11.5 Å². The lowest BCUT2D eigenvalue weighted by Gasteiger charge is -2.15. The molecule has 0 aliphatic heterocycles. The van der Waals surface area contributed by atoms with Crippen molar-refractivity contribution in [2.75, 3.05) is 39.8 Å². The number of urea groups is 1. The van der Waals surface area contributed by atoms with Gasteiger partial charge in [0.1, 0.15) is 12.4 Å². The molecular weight excluding hydrogens is 348 g/mol. The van der Waals surface area contributed by atoms with Crippen LogP contribution in [0.5, 0.6) is 23.0 Å². The highest BCUT2D eigenvalue weighted by Gasteiger charge is 2.14. The highest BCUT2D eigenvalue weighted by Crippen LogP contribution is 2.39. The molecule has 2 amide bonds. The first-order valence-electron chi connectivity index (χ1n) is 8.53. The van der Waals surface area contributed by atoms with Crippen LogP contribution in [0.1, 0.15) is 11.1 Å². The zero-order chi connectivity index (χ0) is 19.8. The Kier molecular flexibility index (Phi) is 7.16. The number of nitrogens with one attached hydrogen (secondary N) is 2. The number of carbonyl (C=O) groups excluding carboxylic acids is 1. The fourth-order valence-electron chi connectivity index (χ4n) is 2.62. The van der Waals surface area contributed by atoms with Crippen LogP contribution >= 0.6 is 0 Å². The van der Waals surface area contributed by atoms with Crippen molar-refractivity contribution < 1.29 is 23.7 Å². The Morgan fingerprint density at radius 2 is 1.59 bits per heavy atom. The number of methoxy groups -OCH3 is 3. The minimum atomic E-state index is -0.353. The molecule has 0 aliphatic rings. The third-order valence-corrected chi connectivity index (χ3v) is 3.90. The van der Waals surface area contributed by atoms with Gasteiger partial charge in [-0.05, 0) is 25.5 Å². The molecule has 2 aromatic rings. The molecular formula is C20H26N2O5. The van der Waals surface area contributed by atoms with E-state index in [0.29, 0.717) is 36.1 Å². The molecule has 7 heteroatoms. The van der Waals surface area contributed by atoms with Gasteiger partial charge in [0.05, 0.1) is 33.6 Å². The predicted octanol–water partition coefficient (Wildman–Crippen LogP) is 3.53. The number of amides is 2. The average Bonchev–Trinajstić information content (AvgIpc) is 2.65. The molecule has 0 aromatic heterocycles. The predicted molar refractivity (Wildman–Crippen MR) is 105 cm³/mol. The standard InChI is InChI=1S/C20H26N2O5/c1-13-6-7-16(14(2)10-13)27-9-8-21-20(23)22-15-11-17(24-3)19(26-5)18(12-15)25-4/h6-7,10-12H,8-9H2,1-5H3,(H2,21,22,23). The summed E-state index contributed by atoms with van der Waals surface area (Å²) in [4.78, 5) is 12.1. The third-order valence-electron chi connectivity index (χ3n) is 3.90. The Bertz CT molecular complexity index is 767. The molecule has 0 aliphatic carbocycles. The summed E-state index contributed by atoms with van der Waals surface area (Å²) in [5.41, 5.74) is 2.77. The second-order valence-corrected chi connectivity index (χ2v) is 5.91. The zero-order valence-corrected chi connectivity index (χ0v) is 16.3. The molecule has 0 saturated heterocycles. The maximum Gasteiger partial charge on any atom is 0.319 e. The van der Waals surface area contributed by atoms with E-state index < -0.39 is 0 Å². The summed E-state index contributed by atoms with van der Waals surface area (Å²) in [6.45, 7) is 4.76. The van der Waals surface area contributed by atoms with Crippen molar-refractivity contribution in [3.63, 3.8) is 0 Å². The number of aryl methyl sites for hydroxylation is 2. The number of hydrogen-bond acceptors (Lipinski definition) is 5. The van der Waals surface area contributed by atoms with Crippen molar-refractivity contribution in [2.24, 2.45) is 0 Å². The molecule has 2 aromatic carbocycles. The number of ether oxygens (including phenoxy) is 4. The van der Waals surface area contributed by atoms with Crippen molar-refractivity contribution in [3.05, 3.63) is 41.5 Å². The van der Waals surface area contributed by atoms with Crippen molar-refractivity contribution in [2.45, 2.75) is 13.8 Å². The Morgan fingerprint density at radius 1 is 0.926 bits per heavy atom. The highest BCUT2D eigenvalue weighted by atomic mass is 16.5. The molecule has 0 heterocycles. The molecule has 2 N–H and O–H groups in total. The van der Waals surface area contributed by atoms with E-state index in [1.807, 2.05) is 26.0 Å². The van der Waals surface area contributed by atoms with Gasteiger partial charge in [0.25, 0.3) is 0 Å². The first kappa shape index (κ1) is 20.2. The van der Waals surface area contributed by atoms with Crippen LogP contribution in [0.25, 0.3) is 0 Å². The Hall–Kier alpha value is -3.09.